The Labute approximate surface area is 106 Å². The Bertz CT molecular complexity index is 353. The van der Waals surface area contributed by atoms with E-state index >= 15 is 0 Å². The van der Waals surface area contributed by atoms with Gasteiger partial charge in [0.1, 0.15) is 5.79 Å². The molecule has 18 heavy (non-hydrogen) atoms. The Kier molecular flexibility index (Phi) is 5.01. The van der Waals surface area contributed by atoms with E-state index in [9.17, 15) is 0 Å². The molecule has 1 heterocycles. The van der Waals surface area contributed by atoms with Crippen molar-refractivity contribution in [2.24, 2.45) is 17.2 Å². The van der Waals surface area contributed by atoms with Gasteiger partial charge in [0, 0.05) is 6.54 Å². The highest BCUT2D eigenvalue weighted by atomic mass is 15.2. The first-order valence-electron chi connectivity index (χ1n) is 5.74. The van der Waals surface area contributed by atoms with Crippen molar-refractivity contribution in [3.8, 4) is 0 Å². The first kappa shape index (κ1) is 14.4. The smallest absolute Gasteiger partial charge is 0.229 e. The van der Waals surface area contributed by atoms with Gasteiger partial charge in [0.25, 0.3) is 0 Å². The van der Waals surface area contributed by atoms with E-state index in [1.807, 2.05) is 0 Å². The van der Waals surface area contributed by atoms with E-state index in [4.69, 9.17) is 28.7 Å². The molecule has 0 saturated carbocycles. The monoisotopic (exact) mass is 255 g/mol. The molecule has 11 N–H and O–H groups in total. The third-order valence-electron chi connectivity index (χ3n) is 2.24. The van der Waals surface area contributed by atoms with Crippen LogP contribution in [0.25, 0.3) is 0 Å². The highest BCUT2D eigenvalue weighted by Gasteiger charge is 2.09. The van der Waals surface area contributed by atoms with Crippen molar-refractivity contribution in [1.29, 1.82) is 0 Å². The van der Waals surface area contributed by atoms with Gasteiger partial charge in [0.05, 0.1) is 0 Å². The van der Waals surface area contributed by atoms with Crippen molar-refractivity contribution < 1.29 is 0 Å². The number of nitrogens with one attached hydrogen (secondary N) is 1. The van der Waals surface area contributed by atoms with E-state index in [0.29, 0.717) is 18.9 Å². The van der Waals surface area contributed by atoms with E-state index in [2.05, 4.69) is 20.3 Å². The SMILES string of the molecule is Nc1nc(N)nc(NCCCCCC(N)(N)N)n1. The molecule has 0 aliphatic heterocycles. The summed E-state index contributed by atoms with van der Waals surface area (Å²) >= 11 is 0. The van der Waals surface area contributed by atoms with Crippen LogP contribution >= 0.6 is 0 Å². The fourth-order valence-corrected chi connectivity index (χ4v) is 1.42. The minimum atomic E-state index is -1.08. The van der Waals surface area contributed by atoms with E-state index in [1.54, 1.807) is 0 Å². The van der Waals surface area contributed by atoms with Gasteiger partial charge in [-0.1, -0.05) is 6.42 Å². The number of nitrogens with two attached hydrogens (primary N) is 5. The molecule has 0 bridgehead atoms. The fraction of sp³-hybridized carbons (Fsp3) is 0.667. The number of hydrogen-bond acceptors (Lipinski definition) is 9. The summed E-state index contributed by atoms with van der Waals surface area (Å²) in [7, 11) is 0. The van der Waals surface area contributed by atoms with Crippen molar-refractivity contribution in [3.05, 3.63) is 0 Å². The zero-order valence-electron chi connectivity index (χ0n) is 10.3. The van der Waals surface area contributed by atoms with Crippen LogP contribution in [0, 0.1) is 0 Å². The summed E-state index contributed by atoms with van der Waals surface area (Å²) in [4.78, 5) is 11.5. The summed E-state index contributed by atoms with van der Waals surface area (Å²) in [6.45, 7) is 0.704. The van der Waals surface area contributed by atoms with Crippen molar-refractivity contribution in [2.75, 3.05) is 23.3 Å². The van der Waals surface area contributed by atoms with Crippen LogP contribution in [-0.4, -0.2) is 27.3 Å². The zero-order chi connectivity index (χ0) is 13.6. The highest BCUT2D eigenvalue weighted by Crippen LogP contribution is 2.06. The minimum Gasteiger partial charge on any atom is -0.368 e. The number of rotatable bonds is 7. The van der Waals surface area contributed by atoms with Crippen molar-refractivity contribution in [3.63, 3.8) is 0 Å². The Hall–Kier alpha value is -1.71. The highest BCUT2D eigenvalue weighted by molar-refractivity contribution is 5.36. The minimum absolute atomic E-state index is 0.101. The fourth-order valence-electron chi connectivity index (χ4n) is 1.42. The van der Waals surface area contributed by atoms with Gasteiger partial charge < -0.3 is 34.0 Å². The molecule has 1 aromatic rings. The van der Waals surface area contributed by atoms with Gasteiger partial charge in [0.2, 0.25) is 17.8 Å². The number of nitrogens with zero attached hydrogens (tertiary/aromatic N) is 3. The predicted molar refractivity (Wildman–Crippen MR) is 70.9 cm³/mol. The summed E-state index contributed by atoms with van der Waals surface area (Å²) in [5.41, 5.74) is 27.2. The first-order valence-corrected chi connectivity index (χ1v) is 5.74. The van der Waals surface area contributed by atoms with Gasteiger partial charge in [-0.15, -0.1) is 0 Å². The number of hydrogen-bond donors (Lipinski definition) is 6. The molecule has 0 atom stereocenters. The second-order valence-electron chi connectivity index (χ2n) is 4.23. The van der Waals surface area contributed by atoms with Crippen LogP contribution in [0.2, 0.25) is 0 Å². The molecule has 0 aromatic carbocycles. The second kappa shape index (κ2) is 6.28. The summed E-state index contributed by atoms with van der Waals surface area (Å²) in [6.07, 6.45) is 3.32. The van der Waals surface area contributed by atoms with Gasteiger partial charge in [0.15, 0.2) is 0 Å². The molecule has 1 rings (SSSR count). The average molecular weight is 255 g/mol. The summed E-state index contributed by atoms with van der Waals surface area (Å²) in [6, 6.07) is 0. The lowest BCUT2D eigenvalue weighted by molar-refractivity contribution is 0.403. The van der Waals surface area contributed by atoms with Gasteiger partial charge in [-0.25, -0.2) is 0 Å². The van der Waals surface area contributed by atoms with Crippen molar-refractivity contribution in [1.82, 2.24) is 15.0 Å². The lowest BCUT2D eigenvalue weighted by Gasteiger charge is -2.17. The van der Waals surface area contributed by atoms with Gasteiger partial charge in [-0.05, 0) is 19.3 Å². The van der Waals surface area contributed by atoms with E-state index in [0.717, 1.165) is 19.3 Å². The molecule has 9 heteroatoms. The third kappa shape index (κ3) is 6.13. The first-order chi connectivity index (χ1) is 8.37. The van der Waals surface area contributed by atoms with E-state index in [1.165, 1.54) is 0 Å². The third-order valence-corrected chi connectivity index (χ3v) is 2.24. The largest absolute Gasteiger partial charge is 0.368 e. The average Bonchev–Trinajstić information content (AvgIpc) is 2.20. The maximum absolute atomic E-state index is 5.46. The molecular weight excluding hydrogens is 234 g/mol. The van der Waals surface area contributed by atoms with Gasteiger partial charge in [-0.2, -0.15) is 15.0 Å². The molecule has 0 unspecified atom stereocenters. The Balaban J connectivity index is 2.18. The molecule has 0 fully saturated rings. The van der Waals surface area contributed by atoms with Crippen LogP contribution < -0.4 is 34.0 Å². The number of nitrogen functional groups attached to an aromatic ring is 2. The van der Waals surface area contributed by atoms with Crippen LogP contribution in [0.4, 0.5) is 17.8 Å². The Morgan fingerprint density at radius 3 is 2.06 bits per heavy atom. The summed E-state index contributed by atoms with van der Waals surface area (Å²) in [5.74, 6) is -0.496. The lowest BCUT2D eigenvalue weighted by Crippen LogP contribution is -2.57. The predicted octanol–water partition coefficient (Wildman–Crippen LogP) is -1.46. The molecule has 0 aliphatic rings. The molecule has 0 radical (unpaired) electrons. The normalized spacial score (nSPS) is 11.5. The van der Waals surface area contributed by atoms with Crippen molar-refractivity contribution >= 4 is 17.8 Å². The quantitative estimate of drug-likeness (QED) is 0.250. The topological polar surface area (TPSA) is 181 Å². The summed E-state index contributed by atoms with van der Waals surface area (Å²) in [5, 5.41) is 3.01. The van der Waals surface area contributed by atoms with Gasteiger partial charge >= 0.3 is 0 Å². The lowest BCUT2D eigenvalue weighted by atomic mass is 10.1. The van der Waals surface area contributed by atoms with Crippen LogP contribution in [0.15, 0.2) is 0 Å². The van der Waals surface area contributed by atoms with E-state index < -0.39 is 5.79 Å². The van der Waals surface area contributed by atoms with Crippen LogP contribution in [0.3, 0.4) is 0 Å². The molecule has 0 saturated heterocycles. The molecule has 102 valence electrons. The maximum Gasteiger partial charge on any atom is 0.229 e. The van der Waals surface area contributed by atoms with Crippen LogP contribution in [0.1, 0.15) is 25.7 Å². The molecule has 0 aliphatic carbocycles. The number of anilines is 3. The standard InChI is InChI=1S/C9H21N9/c10-6-16-7(11)18-8(17-6)15-5-3-1-2-4-9(12,13)14/h1-5,12-14H2,(H5,10,11,15,16,17,18). The maximum atomic E-state index is 5.46. The van der Waals surface area contributed by atoms with Crippen molar-refractivity contribution in [2.45, 2.75) is 31.5 Å². The molecule has 9 nitrogen and oxygen atoms in total. The van der Waals surface area contributed by atoms with Crippen LogP contribution in [0.5, 0.6) is 0 Å². The summed E-state index contributed by atoms with van der Waals surface area (Å²) < 4.78 is 0. The van der Waals surface area contributed by atoms with Crippen LogP contribution in [-0.2, 0) is 0 Å². The Morgan fingerprint density at radius 2 is 1.50 bits per heavy atom. The Morgan fingerprint density at radius 1 is 0.889 bits per heavy atom. The molecular formula is C9H21N9. The zero-order valence-corrected chi connectivity index (χ0v) is 10.3. The van der Waals surface area contributed by atoms with Gasteiger partial charge in [-0.3, -0.25) is 0 Å². The molecule has 1 aromatic heterocycles. The number of unbranched alkanes of at least 4 members (excludes halogenated alkanes) is 2. The second-order valence-corrected chi connectivity index (χ2v) is 4.23. The number of aromatic nitrogens is 3. The molecule has 0 spiro atoms. The van der Waals surface area contributed by atoms with E-state index in [-0.39, 0.29) is 11.9 Å². The molecule has 0 amide bonds.